The lowest BCUT2D eigenvalue weighted by Crippen LogP contribution is -1.86. The van der Waals surface area contributed by atoms with Crippen LogP contribution in [0.25, 0.3) is 21.5 Å². The van der Waals surface area contributed by atoms with Crippen molar-refractivity contribution in [1.82, 2.24) is 0 Å². The lowest BCUT2D eigenvalue weighted by atomic mass is 9.98. The van der Waals surface area contributed by atoms with Gasteiger partial charge in [0.2, 0.25) is 0 Å². The van der Waals surface area contributed by atoms with Crippen LogP contribution in [0.15, 0.2) is 42.5 Å². The van der Waals surface area contributed by atoms with E-state index in [9.17, 15) is 4.79 Å². The van der Waals surface area contributed by atoms with Crippen LogP contribution in [0.3, 0.4) is 0 Å². The summed E-state index contributed by atoms with van der Waals surface area (Å²) in [7, 11) is 0. The van der Waals surface area contributed by atoms with Crippen LogP contribution in [-0.2, 0) is 0 Å². The molecule has 0 saturated heterocycles. The average molecular weight is 275 g/mol. The second-order valence-corrected chi connectivity index (χ2v) is 5.01. The second-order valence-electron chi connectivity index (χ2n) is 4.14. The van der Waals surface area contributed by atoms with E-state index in [1.54, 1.807) is 6.07 Å². The van der Waals surface area contributed by atoms with Gasteiger partial charge >= 0.3 is 0 Å². The monoisotopic (exact) mass is 274 g/mol. The molecule has 3 rings (SSSR count). The lowest BCUT2D eigenvalue weighted by Gasteiger charge is -2.07. The van der Waals surface area contributed by atoms with Gasteiger partial charge in [0.25, 0.3) is 0 Å². The third kappa shape index (κ3) is 1.76. The fourth-order valence-corrected chi connectivity index (χ4v) is 2.57. The normalized spacial score (nSPS) is 11.0. The van der Waals surface area contributed by atoms with Crippen LogP contribution in [0.5, 0.6) is 0 Å². The van der Waals surface area contributed by atoms with Crippen molar-refractivity contribution < 1.29 is 4.79 Å². The van der Waals surface area contributed by atoms with Gasteiger partial charge in [0.15, 0.2) is 6.29 Å². The van der Waals surface area contributed by atoms with Gasteiger partial charge in [-0.2, -0.15) is 0 Å². The molecule has 0 aliphatic heterocycles. The fraction of sp³-hybridized carbons (Fsp3) is 0. The first-order chi connectivity index (χ1) is 8.69. The Balaban J connectivity index is 2.59. The van der Waals surface area contributed by atoms with Gasteiger partial charge < -0.3 is 0 Å². The number of fused-ring (bicyclic) bond motifs is 3. The maximum absolute atomic E-state index is 11.2. The highest BCUT2D eigenvalue weighted by Crippen LogP contribution is 2.31. The summed E-state index contributed by atoms with van der Waals surface area (Å²) >= 11 is 12.1. The number of benzene rings is 3. The zero-order valence-corrected chi connectivity index (χ0v) is 10.8. The van der Waals surface area contributed by atoms with E-state index >= 15 is 0 Å². The molecule has 0 amide bonds. The van der Waals surface area contributed by atoms with Crippen LogP contribution < -0.4 is 0 Å². The fourth-order valence-electron chi connectivity index (χ4n) is 2.22. The van der Waals surface area contributed by atoms with Crippen LogP contribution in [0.1, 0.15) is 10.4 Å². The van der Waals surface area contributed by atoms with E-state index in [0.29, 0.717) is 15.6 Å². The summed E-state index contributed by atoms with van der Waals surface area (Å²) in [4.78, 5) is 11.2. The first kappa shape index (κ1) is 11.5. The largest absolute Gasteiger partial charge is 0.298 e. The molecule has 0 bridgehead atoms. The van der Waals surface area contributed by atoms with Crippen molar-refractivity contribution in [2.45, 2.75) is 0 Å². The van der Waals surface area contributed by atoms with E-state index in [-0.39, 0.29) is 0 Å². The minimum absolute atomic E-state index is 0.645. The maximum atomic E-state index is 11.2. The molecule has 18 heavy (non-hydrogen) atoms. The third-order valence-corrected chi connectivity index (χ3v) is 3.51. The molecule has 0 aliphatic carbocycles. The van der Waals surface area contributed by atoms with Crippen molar-refractivity contribution in [3.63, 3.8) is 0 Å². The Labute approximate surface area is 114 Å². The van der Waals surface area contributed by atoms with Crippen LogP contribution in [0, 0.1) is 0 Å². The summed E-state index contributed by atoms with van der Waals surface area (Å²) in [6.45, 7) is 0. The number of hydrogen-bond acceptors (Lipinski definition) is 1. The molecule has 0 heterocycles. The summed E-state index contributed by atoms with van der Waals surface area (Å²) in [5, 5.41) is 5.14. The molecular formula is C15H8Cl2O. The highest BCUT2D eigenvalue weighted by Gasteiger charge is 2.07. The Morgan fingerprint density at radius 1 is 0.778 bits per heavy atom. The molecule has 0 radical (unpaired) electrons. The number of halogens is 2. The van der Waals surface area contributed by atoms with Gasteiger partial charge in [-0.3, -0.25) is 4.79 Å². The molecule has 0 N–H and O–H groups in total. The van der Waals surface area contributed by atoms with Crippen molar-refractivity contribution in [2.75, 3.05) is 0 Å². The molecule has 88 valence electrons. The third-order valence-electron chi connectivity index (χ3n) is 3.04. The van der Waals surface area contributed by atoms with Crippen LogP contribution in [0.2, 0.25) is 10.0 Å². The van der Waals surface area contributed by atoms with Gasteiger partial charge in [-0.15, -0.1) is 0 Å². The van der Waals surface area contributed by atoms with E-state index in [4.69, 9.17) is 23.2 Å². The molecule has 0 fully saturated rings. The molecule has 0 atom stereocenters. The first-order valence-electron chi connectivity index (χ1n) is 5.46. The van der Waals surface area contributed by atoms with Crippen molar-refractivity contribution in [3.05, 3.63) is 58.1 Å². The molecule has 0 unspecified atom stereocenters. The smallest absolute Gasteiger partial charge is 0.150 e. The Bertz CT molecular complexity index is 778. The predicted molar refractivity (Wildman–Crippen MR) is 76.9 cm³/mol. The standard InChI is InChI=1S/C15H8Cl2O/c16-11-2-1-9-5-10(8-18)13-4-3-12(17)7-15(13)14(9)6-11/h1-8H. The minimum atomic E-state index is 0.645. The molecular weight excluding hydrogens is 267 g/mol. The van der Waals surface area contributed by atoms with Gasteiger partial charge in [-0.25, -0.2) is 0 Å². The summed E-state index contributed by atoms with van der Waals surface area (Å²) in [5.74, 6) is 0. The van der Waals surface area contributed by atoms with Crippen LogP contribution in [-0.4, -0.2) is 6.29 Å². The van der Waals surface area contributed by atoms with Gasteiger partial charge in [0.05, 0.1) is 0 Å². The molecule has 0 aliphatic rings. The van der Waals surface area contributed by atoms with E-state index in [1.165, 1.54) is 0 Å². The number of hydrogen-bond donors (Lipinski definition) is 0. The Morgan fingerprint density at radius 2 is 1.44 bits per heavy atom. The lowest BCUT2D eigenvalue weighted by molar-refractivity contribution is 0.112. The molecule has 3 aromatic carbocycles. The molecule has 0 spiro atoms. The summed E-state index contributed by atoms with van der Waals surface area (Å²) in [6.07, 6.45) is 0.865. The van der Waals surface area contributed by atoms with E-state index in [0.717, 1.165) is 27.8 Å². The minimum Gasteiger partial charge on any atom is -0.298 e. The van der Waals surface area contributed by atoms with Crippen molar-refractivity contribution in [1.29, 1.82) is 0 Å². The SMILES string of the molecule is O=Cc1cc2ccc(Cl)cc2c2cc(Cl)ccc12. The number of carbonyl (C=O) groups is 1. The van der Waals surface area contributed by atoms with E-state index in [1.807, 2.05) is 36.4 Å². The van der Waals surface area contributed by atoms with Gasteiger partial charge in [0.1, 0.15) is 0 Å². The summed E-state index contributed by atoms with van der Waals surface area (Å²) < 4.78 is 0. The Morgan fingerprint density at radius 3 is 2.17 bits per heavy atom. The van der Waals surface area contributed by atoms with E-state index in [2.05, 4.69) is 0 Å². The van der Waals surface area contributed by atoms with Crippen LogP contribution in [0.4, 0.5) is 0 Å². The Hall–Kier alpha value is -1.57. The molecule has 0 saturated carbocycles. The van der Waals surface area contributed by atoms with E-state index < -0.39 is 0 Å². The Kier molecular flexibility index (Phi) is 2.73. The second kappa shape index (κ2) is 4.27. The van der Waals surface area contributed by atoms with Crippen molar-refractivity contribution >= 4 is 51.0 Å². The zero-order valence-electron chi connectivity index (χ0n) is 9.28. The average Bonchev–Trinajstić information content (AvgIpc) is 2.38. The highest BCUT2D eigenvalue weighted by molar-refractivity contribution is 6.33. The molecule has 3 heteroatoms. The van der Waals surface area contributed by atoms with Gasteiger partial charge in [0, 0.05) is 15.6 Å². The van der Waals surface area contributed by atoms with Crippen molar-refractivity contribution in [2.24, 2.45) is 0 Å². The quantitative estimate of drug-likeness (QED) is 0.445. The highest BCUT2D eigenvalue weighted by atomic mass is 35.5. The van der Waals surface area contributed by atoms with Gasteiger partial charge in [-0.05, 0) is 51.9 Å². The molecule has 1 nitrogen and oxygen atoms in total. The molecule has 0 aromatic heterocycles. The first-order valence-corrected chi connectivity index (χ1v) is 6.21. The maximum Gasteiger partial charge on any atom is 0.150 e. The number of rotatable bonds is 1. The van der Waals surface area contributed by atoms with Crippen molar-refractivity contribution in [3.8, 4) is 0 Å². The predicted octanol–water partition coefficient (Wildman–Crippen LogP) is 5.11. The molecule has 3 aromatic rings. The van der Waals surface area contributed by atoms with Crippen LogP contribution >= 0.6 is 23.2 Å². The van der Waals surface area contributed by atoms with Gasteiger partial charge in [-0.1, -0.05) is 35.3 Å². The summed E-state index contributed by atoms with van der Waals surface area (Å²) in [6, 6.07) is 13.0. The number of aldehydes is 1. The topological polar surface area (TPSA) is 17.1 Å². The summed E-state index contributed by atoms with van der Waals surface area (Å²) in [5.41, 5.74) is 0.663. The zero-order chi connectivity index (χ0) is 12.7. The number of carbonyl (C=O) groups excluding carboxylic acids is 1.